The van der Waals surface area contributed by atoms with Crippen LogP contribution in [0.2, 0.25) is 0 Å². The quantitative estimate of drug-likeness (QED) is 0.857. The summed E-state index contributed by atoms with van der Waals surface area (Å²) in [7, 11) is 0. The van der Waals surface area contributed by atoms with Crippen molar-refractivity contribution in [1.29, 1.82) is 0 Å². The van der Waals surface area contributed by atoms with Gasteiger partial charge in [0.05, 0.1) is 6.61 Å². The molecule has 1 aliphatic heterocycles. The van der Waals surface area contributed by atoms with Gasteiger partial charge in [-0.2, -0.15) is 0 Å². The van der Waals surface area contributed by atoms with Crippen LogP contribution in [0.15, 0.2) is 24.3 Å². The van der Waals surface area contributed by atoms with Crippen molar-refractivity contribution in [3.05, 3.63) is 41.2 Å². The Kier molecular flexibility index (Phi) is 3.87. The molecule has 2 aromatic rings. The molecule has 1 aliphatic carbocycles. The Morgan fingerprint density at radius 3 is 3.04 bits per heavy atom. The highest BCUT2D eigenvalue weighted by Gasteiger charge is 2.42. The third kappa shape index (κ3) is 2.77. The average molecular weight is 313 g/mol. The largest absolute Gasteiger partial charge is 0.368 e. The zero-order chi connectivity index (χ0) is 15.7. The summed E-state index contributed by atoms with van der Waals surface area (Å²) in [5, 5.41) is 11.6. The maximum atomic E-state index is 6.28. The summed E-state index contributed by atoms with van der Waals surface area (Å²) in [5.41, 5.74) is 2.78. The van der Waals surface area contributed by atoms with E-state index in [1.54, 1.807) is 0 Å². The number of hydrogen-bond acceptors (Lipinski definition) is 5. The summed E-state index contributed by atoms with van der Waals surface area (Å²) < 4.78 is 8.15. The lowest BCUT2D eigenvalue weighted by Crippen LogP contribution is -2.49. The molecule has 0 saturated carbocycles. The Hall–Kier alpha value is -1.79. The Morgan fingerprint density at radius 1 is 1.26 bits per heavy atom. The second-order valence-electron chi connectivity index (χ2n) is 6.58. The van der Waals surface area contributed by atoms with Gasteiger partial charge in [0, 0.05) is 26.2 Å². The van der Waals surface area contributed by atoms with E-state index in [2.05, 4.69) is 44.7 Å². The van der Waals surface area contributed by atoms with Crippen molar-refractivity contribution in [2.24, 2.45) is 0 Å². The van der Waals surface area contributed by atoms with E-state index >= 15 is 0 Å². The molecule has 0 bridgehead atoms. The molecule has 0 radical (unpaired) electrons. The van der Waals surface area contributed by atoms with Crippen LogP contribution in [0.25, 0.3) is 0 Å². The topological polar surface area (TPSA) is 56.1 Å². The monoisotopic (exact) mass is 313 g/mol. The van der Waals surface area contributed by atoms with E-state index in [-0.39, 0.29) is 5.60 Å². The Morgan fingerprint density at radius 2 is 2.17 bits per heavy atom. The number of nitrogens with zero attached hydrogens (tertiary/aromatic N) is 5. The second kappa shape index (κ2) is 6.02. The summed E-state index contributed by atoms with van der Waals surface area (Å²) in [5.74, 6) is 0.883. The molecule has 4 rings (SSSR count). The first-order valence-corrected chi connectivity index (χ1v) is 8.44. The maximum Gasteiger partial charge on any atom is 0.148 e. The molecule has 1 atom stereocenters. The lowest BCUT2D eigenvalue weighted by molar-refractivity contribution is -0.113. The van der Waals surface area contributed by atoms with Crippen molar-refractivity contribution in [2.45, 2.75) is 38.3 Å². The van der Waals surface area contributed by atoms with Crippen LogP contribution in [-0.2, 0) is 23.3 Å². The fraction of sp³-hybridized carbons (Fsp3) is 0.588. The second-order valence-corrected chi connectivity index (χ2v) is 6.58. The molecular formula is C17H23N5O. The van der Waals surface area contributed by atoms with Crippen LogP contribution in [0.1, 0.15) is 29.8 Å². The van der Waals surface area contributed by atoms with Gasteiger partial charge in [0.25, 0.3) is 0 Å². The summed E-state index contributed by atoms with van der Waals surface area (Å²) in [4.78, 5) is 2.53. The highest BCUT2D eigenvalue weighted by atomic mass is 16.5. The van der Waals surface area contributed by atoms with Gasteiger partial charge in [-0.1, -0.05) is 24.3 Å². The molecular weight excluding hydrogens is 290 g/mol. The van der Waals surface area contributed by atoms with Crippen LogP contribution >= 0.6 is 0 Å². The first-order chi connectivity index (χ1) is 11.3. The van der Waals surface area contributed by atoms with Gasteiger partial charge in [-0.3, -0.25) is 4.90 Å². The summed E-state index contributed by atoms with van der Waals surface area (Å²) in [6.07, 6.45) is 3.30. The molecule has 1 spiro atoms. The standard InChI is InChI=1S/C17H23N5O/c1-14-18-19-20-22(14)10-4-9-21-11-12-23-17(13-21)8-7-15-5-2-3-6-16(15)17/h2-3,5-6H,4,7-13H2,1H3/t17-/m1/s1. The smallest absolute Gasteiger partial charge is 0.148 e. The molecule has 0 N–H and O–H groups in total. The van der Waals surface area contributed by atoms with E-state index in [1.807, 2.05) is 11.6 Å². The van der Waals surface area contributed by atoms with Crippen molar-refractivity contribution < 1.29 is 4.74 Å². The molecule has 6 nitrogen and oxygen atoms in total. The molecule has 2 aliphatic rings. The van der Waals surface area contributed by atoms with E-state index in [1.165, 1.54) is 11.1 Å². The third-order valence-corrected chi connectivity index (χ3v) is 5.13. The fourth-order valence-corrected chi connectivity index (χ4v) is 3.92. The van der Waals surface area contributed by atoms with Crippen LogP contribution in [-0.4, -0.2) is 51.3 Å². The van der Waals surface area contributed by atoms with Gasteiger partial charge in [-0.25, -0.2) is 4.68 Å². The average Bonchev–Trinajstić information content (AvgIpc) is 3.13. The molecule has 1 saturated heterocycles. The van der Waals surface area contributed by atoms with Gasteiger partial charge in [0.15, 0.2) is 0 Å². The molecule has 0 amide bonds. The highest BCUT2D eigenvalue weighted by molar-refractivity contribution is 5.38. The van der Waals surface area contributed by atoms with Crippen molar-refractivity contribution in [3.63, 3.8) is 0 Å². The van der Waals surface area contributed by atoms with Crippen molar-refractivity contribution >= 4 is 0 Å². The van der Waals surface area contributed by atoms with Crippen LogP contribution in [0.3, 0.4) is 0 Å². The summed E-state index contributed by atoms with van der Waals surface area (Å²) >= 11 is 0. The molecule has 1 fully saturated rings. The number of aromatic nitrogens is 4. The van der Waals surface area contributed by atoms with Gasteiger partial charge in [0.2, 0.25) is 0 Å². The van der Waals surface area contributed by atoms with E-state index in [9.17, 15) is 0 Å². The normalized spacial score (nSPS) is 24.2. The van der Waals surface area contributed by atoms with E-state index < -0.39 is 0 Å². The zero-order valence-electron chi connectivity index (χ0n) is 13.6. The number of ether oxygens (including phenoxy) is 1. The van der Waals surface area contributed by atoms with Crippen LogP contribution in [0.5, 0.6) is 0 Å². The number of fused-ring (bicyclic) bond motifs is 2. The van der Waals surface area contributed by atoms with Crippen molar-refractivity contribution in [2.75, 3.05) is 26.2 Å². The Bertz CT molecular complexity index is 681. The molecule has 2 heterocycles. The SMILES string of the molecule is Cc1nnnn1CCCN1CCO[C@]2(CCc3ccccc32)C1. The van der Waals surface area contributed by atoms with Gasteiger partial charge in [-0.15, -0.1) is 5.10 Å². The molecule has 1 aromatic heterocycles. The minimum atomic E-state index is -0.0838. The van der Waals surface area contributed by atoms with Gasteiger partial charge in [0.1, 0.15) is 11.4 Å². The maximum absolute atomic E-state index is 6.28. The minimum absolute atomic E-state index is 0.0838. The van der Waals surface area contributed by atoms with Crippen LogP contribution in [0.4, 0.5) is 0 Å². The molecule has 122 valence electrons. The van der Waals surface area contributed by atoms with Crippen molar-refractivity contribution in [1.82, 2.24) is 25.1 Å². The number of aryl methyl sites for hydroxylation is 3. The fourth-order valence-electron chi connectivity index (χ4n) is 3.92. The number of hydrogen-bond donors (Lipinski definition) is 0. The number of tetrazole rings is 1. The van der Waals surface area contributed by atoms with Gasteiger partial charge >= 0.3 is 0 Å². The van der Waals surface area contributed by atoms with E-state index in [4.69, 9.17) is 4.74 Å². The highest BCUT2D eigenvalue weighted by Crippen LogP contribution is 2.42. The van der Waals surface area contributed by atoms with Crippen molar-refractivity contribution in [3.8, 4) is 0 Å². The van der Waals surface area contributed by atoms with Gasteiger partial charge in [-0.05, 0) is 47.7 Å². The zero-order valence-corrected chi connectivity index (χ0v) is 13.6. The first-order valence-electron chi connectivity index (χ1n) is 8.44. The lowest BCUT2D eigenvalue weighted by Gasteiger charge is -2.41. The lowest BCUT2D eigenvalue weighted by atomic mass is 9.93. The molecule has 23 heavy (non-hydrogen) atoms. The van der Waals surface area contributed by atoms with Crippen LogP contribution in [0, 0.1) is 6.92 Å². The van der Waals surface area contributed by atoms with E-state index in [0.717, 1.165) is 57.9 Å². The number of rotatable bonds is 4. The van der Waals surface area contributed by atoms with Crippen LogP contribution < -0.4 is 0 Å². The third-order valence-electron chi connectivity index (χ3n) is 5.13. The first kappa shape index (κ1) is 14.8. The number of morpholine rings is 1. The van der Waals surface area contributed by atoms with Gasteiger partial charge < -0.3 is 4.74 Å². The minimum Gasteiger partial charge on any atom is -0.368 e. The predicted molar refractivity (Wildman–Crippen MR) is 86.0 cm³/mol. The molecule has 0 unspecified atom stereocenters. The molecule has 6 heteroatoms. The summed E-state index contributed by atoms with van der Waals surface area (Å²) in [6, 6.07) is 8.75. The Labute approximate surface area is 136 Å². The summed E-state index contributed by atoms with van der Waals surface area (Å²) in [6.45, 7) is 6.71. The van der Waals surface area contributed by atoms with E-state index in [0.29, 0.717) is 0 Å². The molecule has 1 aromatic carbocycles. The predicted octanol–water partition coefficient (Wildman–Crippen LogP) is 1.55. The Balaban J connectivity index is 1.39. The number of benzene rings is 1.